The maximum Gasteiger partial charge on any atom is 0.262 e. The lowest BCUT2D eigenvalue weighted by Gasteiger charge is -2.20. The molecule has 0 aliphatic carbocycles. The Hall–Kier alpha value is -2.94. The van der Waals surface area contributed by atoms with Crippen LogP contribution in [0.5, 0.6) is 11.5 Å². The number of phenolic OH excluding ortho intramolecular Hbond substituents is 1. The average Bonchev–Trinajstić information content (AvgIpc) is 2.68. The first kappa shape index (κ1) is 22.4. The summed E-state index contributed by atoms with van der Waals surface area (Å²) in [6, 6.07) is 7.74. The molecule has 3 N–H and O–H groups in total. The van der Waals surface area contributed by atoms with Crippen LogP contribution in [0.3, 0.4) is 0 Å². The number of methoxy groups -OCH3 is 1. The minimum atomic E-state index is -0.916. The van der Waals surface area contributed by atoms with Crippen LogP contribution in [0.4, 0.5) is 4.39 Å². The molecule has 0 saturated heterocycles. The van der Waals surface area contributed by atoms with Gasteiger partial charge in [0.15, 0.2) is 11.5 Å². The van der Waals surface area contributed by atoms with Gasteiger partial charge in [-0.25, -0.2) is 9.82 Å². The quantitative estimate of drug-likeness (QED) is 0.431. The molecule has 9 heteroatoms. The Morgan fingerprint density at radius 1 is 1.28 bits per heavy atom. The molecule has 0 saturated carbocycles. The van der Waals surface area contributed by atoms with E-state index in [4.69, 9.17) is 4.74 Å². The molecule has 0 aliphatic heterocycles. The standard InChI is InChI=1S/C20H21BrFN3O4/c1-11(2)17(24-19(27)13-6-4-5-7-15(13)22)20(28)25-23-10-12-8-14(21)18(26)16(9-12)29-3/h4-11,17,26H,1-3H3,(H,24,27)(H,25,28). The second-order valence-corrected chi connectivity index (χ2v) is 7.32. The van der Waals surface area contributed by atoms with E-state index in [0.29, 0.717) is 10.0 Å². The van der Waals surface area contributed by atoms with Gasteiger partial charge >= 0.3 is 0 Å². The molecule has 0 radical (unpaired) electrons. The van der Waals surface area contributed by atoms with E-state index in [9.17, 15) is 19.1 Å². The molecule has 2 aromatic carbocycles. The highest BCUT2D eigenvalue weighted by Crippen LogP contribution is 2.34. The van der Waals surface area contributed by atoms with Crippen LogP contribution in [0.2, 0.25) is 0 Å². The zero-order valence-electron chi connectivity index (χ0n) is 16.1. The van der Waals surface area contributed by atoms with Crippen LogP contribution in [0, 0.1) is 11.7 Å². The number of ether oxygens (including phenoxy) is 1. The summed E-state index contributed by atoms with van der Waals surface area (Å²) in [6.07, 6.45) is 1.36. The molecule has 0 aromatic heterocycles. The van der Waals surface area contributed by atoms with Crippen molar-refractivity contribution in [3.05, 3.63) is 57.8 Å². The number of phenols is 1. The minimum absolute atomic E-state index is 0.0515. The number of hydrogen-bond acceptors (Lipinski definition) is 5. The molecular formula is C20H21BrFN3O4. The summed E-state index contributed by atoms with van der Waals surface area (Å²) in [6.45, 7) is 3.50. The number of hydrazone groups is 1. The Bertz CT molecular complexity index is 934. The maximum atomic E-state index is 13.8. The number of hydrogen-bond donors (Lipinski definition) is 3. The van der Waals surface area contributed by atoms with Gasteiger partial charge in [0.05, 0.1) is 23.4 Å². The fourth-order valence-corrected chi connectivity index (χ4v) is 2.92. The number of amides is 2. The van der Waals surface area contributed by atoms with Crippen molar-refractivity contribution >= 4 is 34.0 Å². The van der Waals surface area contributed by atoms with Gasteiger partial charge in [-0.05, 0) is 51.7 Å². The van der Waals surface area contributed by atoms with Gasteiger partial charge in [0.1, 0.15) is 11.9 Å². The van der Waals surface area contributed by atoms with Crippen molar-refractivity contribution in [1.82, 2.24) is 10.7 Å². The number of nitrogens with zero attached hydrogens (tertiary/aromatic N) is 1. The zero-order valence-corrected chi connectivity index (χ0v) is 17.7. The average molecular weight is 466 g/mol. The summed E-state index contributed by atoms with van der Waals surface area (Å²) < 4.78 is 19.2. The smallest absolute Gasteiger partial charge is 0.262 e. The van der Waals surface area contributed by atoms with Crippen LogP contribution >= 0.6 is 15.9 Å². The van der Waals surface area contributed by atoms with Gasteiger partial charge in [-0.1, -0.05) is 26.0 Å². The third-order valence-electron chi connectivity index (χ3n) is 4.01. The fraction of sp³-hybridized carbons (Fsp3) is 0.250. The van der Waals surface area contributed by atoms with Crippen LogP contribution in [0.25, 0.3) is 0 Å². The largest absolute Gasteiger partial charge is 0.503 e. The van der Waals surface area contributed by atoms with Gasteiger partial charge < -0.3 is 15.2 Å². The lowest BCUT2D eigenvalue weighted by molar-refractivity contribution is -0.123. The first-order chi connectivity index (χ1) is 13.7. The second-order valence-electron chi connectivity index (χ2n) is 6.46. The third-order valence-corrected chi connectivity index (χ3v) is 4.62. The molecule has 154 valence electrons. The van der Waals surface area contributed by atoms with E-state index in [1.807, 2.05) is 0 Å². The van der Waals surface area contributed by atoms with Crippen LogP contribution in [0.1, 0.15) is 29.8 Å². The highest BCUT2D eigenvalue weighted by molar-refractivity contribution is 9.10. The summed E-state index contributed by atoms with van der Waals surface area (Å²) in [5.74, 6) is -1.98. The number of benzene rings is 2. The summed E-state index contributed by atoms with van der Waals surface area (Å²) in [4.78, 5) is 24.8. The predicted octanol–water partition coefficient (Wildman–Crippen LogP) is 3.21. The SMILES string of the molecule is COc1cc(C=NNC(=O)C(NC(=O)c2ccccc2F)C(C)C)cc(Br)c1O. The van der Waals surface area contributed by atoms with E-state index < -0.39 is 23.7 Å². The number of carbonyl (C=O) groups is 2. The van der Waals surface area contributed by atoms with Gasteiger partial charge in [0.25, 0.3) is 11.8 Å². The van der Waals surface area contributed by atoms with Gasteiger partial charge in [-0.2, -0.15) is 5.10 Å². The number of halogens is 2. The molecule has 29 heavy (non-hydrogen) atoms. The van der Waals surface area contributed by atoms with Crippen molar-refractivity contribution in [2.75, 3.05) is 7.11 Å². The Morgan fingerprint density at radius 2 is 1.97 bits per heavy atom. The number of nitrogens with one attached hydrogen (secondary N) is 2. The lowest BCUT2D eigenvalue weighted by atomic mass is 10.0. The fourth-order valence-electron chi connectivity index (χ4n) is 2.46. The second kappa shape index (κ2) is 10.0. The highest BCUT2D eigenvalue weighted by Gasteiger charge is 2.25. The third kappa shape index (κ3) is 5.77. The molecule has 7 nitrogen and oxygen atoms in total. The molecular weight excluding hydrogens is 445 g/mol. The Balaban J connectivity index is 2.08. The molecule has 1 atom stereocenters. The van der Waals surface area contributed by atoms with Crippen LogP contribution < -0.4 is 15.5 Å². The van der Waals surface area contributed by atoms with E-state index in [1.165, 1.54) is 43.7 Å². The van der Waals surface area contributed by atoms with Crippen molar-refractivity contribution < 1.29 is 23.8 Å². The zero-order chi connectivity index (χ0) is 21.6. The normalized spacial score (nSPS) is 12.1. The topological polar surface area (TPSA) is 100 Å². The van der Waals surface area contributed by atoms with Gasteiger partial charge in [0.2, 0.25) is 0 Å². The van der Waals surface area contributed by atoms with E-state index >= 15 is 0 Å². The molecule has 0 spiro atoms. The molecule has 0 aliphatic rings. The van der Waals surface area contributed by atoms with E-state index in [-0.39, 0.29) is 23.0 Å². The molecule has 0 heterocycles. The van der Waals surface area contributed by atoms with Crippen molar-refractivity contribution in [2.24, 2.45) is 11.0 Å². The molecule has 1 unspecified atom stereocenters. The van der Waals surface area contributed by atoms with Crippen molar-refractivity contribution in [3.63, 3.8) is 0 Å². The van der Waals surface area contributed by atoms with Crippen molar-refractivity contribution in [3.8, 4) is 11.5 Å². The molecule has 2 amide bonds. The van der Waals surface area contributed by atoms with Crippen LogP contribution in [0.15, 0.2) is 46.0 Å². The monoisotopic (exact) mass is 465 g/mol. The number of carbonyl (C=O) groups excluding carboxylic acids is 2. The maximum absolute atomic E-state index is 13.8. The Labute approximate surface area is 176 Å². The van der Waals surface area contributed by atoms with E-state index in [1.54, 1.807) is 19.9 Å². The highest BCUT2D eigenvalue weighted by atomic mass is 79.9. The summed E-state index contributed by atoms with van der Waals surface area (Å²) in [7, 11) is 1.41. The number of aromatic hydroxyl groups is 1. The first-order valence-electron chi connectivity index (χ1n) is 8.69. The molecule has 2 rings (SSSR count). The summed E-state index contributed by atoms with van der Waals surface area (Å²) in [5.41, 5.74) is 2.77. The predicted molar refractivity (Wildman–Crippen MR) is 111 cm³/mol. The Morgan fingerprint density at radius 3 is 2.59 bits per heavy atom. The molecule has 0 bridgehead atoms. The molecule has 2 aromatic rings. The van der Waals surface area contributed by atoms with Crippen LogP contribution in [-0.2, 0) is 4.79 Å². The van der Waals surface area contributed by atoms with Crippen LogP contribution in [-0.4, -0.2) is 36.3 Å². The van der Waals surface area contributed by atoms with Gasteiger partial charge in [-0.15, -0.1) is 0 Å². The minimum Gasteiger partial charge on any atom is -0.503 e. The summed E-state index contributed by atoms with van der Waals surface area (Å²) in [5, 5.41) is 16.2. The van der Waals surface area contributed by atoms with Crippen molar-refractivity contribution in [1.29, 1.82) is 0 Å². The van der Waals surface area contributed by atoms with E-state index in [2.05, 4.69) is 31.8 Å². The van der Waals surface area contributed by atoms with E-state index in [0.717, 1.165) is 0 Å². The first-order valence-corrected chi connectivity index (χ1v) is 9.48. The van der Waals surface area contributed by atoms with Gasteiger partial charge in [0, 0.05) is 0 Å². The van der Waals surface area contributed by atoms with Crippen molar-refractivity contribution in [2.45, 2.75) is 19.9 Å². The Kier molecular flexibility index (Phi) is 7.72. The molecule has 0 fully saturated rings. The van der Waals surface area contributed by atoms with Gasteiger partial charge in [-0.3, -0.25) is 9.59 Å². The lowest BCUT2D eigenvalue weighted by Crippen LogP contribution is -2.48. The number of rotatable bonds is 7. The summed E-state index contributed by atoms with van der Waals surface area (Å²) >= 11 is 3.20.